The van der Waals surface area contributed by atoms with E-state index >= 15 is 0 Å². The van der Waals surface area contributed by atoms with E-state index < -0.39 is 0 Å². The lowest BCUT2D eigenvalue weighted by Crippen LogP contribution is -2.43. The van der Waals surface area contributed by atoms with Crippen LogP contribution in [0.2, 0.25) is 0 Å². The van der Waals surface area contributed by atoms with Gasteiger partial charge in [-0.3, -0.25) is 0 Å². The average Bonchev–Trinajstić information content (AvgIpc) is 2.37. The van der Waals surface area contributed by atoms with E-state index in [-0.39, 0.29) is 0 Å². The highest BCUT2D eigenvalue weighted by Crippen LogP contribution is 2.03. The Hall–Kier alpha value is -0.860. The van der Waals surface area contributed by atoms with Gasteiger partial charge in [-0.15, -0.1) is 0 Å². The number of piperidine rings is 1. The summed E-state index contributed by atoms with van der Waals surface area (Å²) in [6, 6.07) is 11.4. The van der Waals surface area contributed by atoms with Crippen molar-refractivity contribution in [3.8, 4) is 0 Å². The molecule has 0 aliphatic carbocycles. The molecule has 2 rings (SSSR count). The fourth-order valence-electron chi connectivity index (χ4n) is 2.27. The van der Waals surface area contributed by atoms with Crippen LogP contribution in [0, 0.1) is 0 Å². The van der Waals surface area contributed by atoms with Crippen molar-refractivity contribution in [2.24, 2.45) is 0 Å². The van der Waals surface area contributed by atoms with E-state index in [4.69, 9.17) is 0 Å². The first kappa shape index (κ1) is 11.6. The number of hydrogen-bond donors (Lipinski definition) is 2. The molecule has 2 nitrogen and oxygen atoms in total. The summed E-state index contributed by atoms with van der Waals surface area (Å²) < 4.78 is 0. The van der Waals surface area contributed by atoms with Gasteiger partial charge in [0.15, 0.2) is 0 Å². The van der Waals surface area contributed by atoms with Crippen LogP contribution in [0.3, 0.4) is 0 Å². The maximum Gasteiger partial charge on any atom is 0.0192 e. The molecule has 1 fully saturated rings. The van der Waals surface area contributed by atoms with Crippen molar-refractivity contribution in [2.75, 3.05) is 19.6 Å². The lowest BCUT2D eigenvalue weighted by atomic mass is 10.1. The first-order valence-electron chi connectivity index (χ1n) is 6.43. The molecule has 0 bridgehead atoms. The number of hydrogen-bond acceptors (Lipinski definition) is 2. The van der Waals surface area contributed by atoms with Gasteiger partial charge in [-0.25, -0.2) is 0 Å². The minimum Gasteiger partial charge on any atom is -0.315 e. The van der Waals surface area contributed by atoms with E-state index in [1.165, 1.54) is 37.8 Å². The summed E-state index contributed by atoms with van der Waals surface area (Å²) in [5.74, 6) is 0. The van der Waals surface area contributed by atoms with Crippen molar-refractivity contribution in [1.82, 2.24) is 10.6 Å². The van der Waals surface area contributed by atoms with Crippen molar-refractivity contribution < 1.29 is 0 Å². The third-order valence-electron chi connectivity index (χ3n) is 3.21. The van der Waals surface area contributed by atoms with Gasteiger partial charge in [0.25, 0.3) is 0 Å². The van der Waals surface area contributed by atoms with Gasteiger partial charge in [0, 0.05) is 12.6 Å². The molecule has 88 valence electrons. The van der Waals surface area contributed by atoms with Crippen LogP contribution >= 0.6 is 0 Å². The largest absolute Gasteiger partial charge is 0.315 e. The van der Waals surface area contributed by atoms with Crippen molar-refractivity contribution in [3.05, 3.63) is 35.9 Å². The molecule has 1 aromatic carbocycles. The number of rotatable bonds is 5. The summed E-state index contributed by atoms with van der Waals surface area (Å²) in [7, 11) is 0. The molecule has 1 aromatic rings. The molecule has 0 radical (unpaired) electrons. The maximum atomic E-state index is 3.63. The number of aryl methyl sites for hydroxylation is 1. The monoisotopic (exact) mass is 218 g/mol. The Morgan fingerprint density at radius 1 is 1.25 bits per heavy atom. The second-order valence-corrected chi connectivity index (χ2v) is 4.59. The van der Waals surface area contributed by atoms with Gasteiger partial charge in [-0.2, -0.15) is 0 Å². The molecule has 0 amide bonds. The second-order valence-electron chi connectivity index (χ2n) is 4.59. The minimum atomic E-state index is 0.699. The van der Waals surface area contributed by atoms with Crippen LogP contribution in [0.5, 0.6) is 0 Å². The van der Waals surface area contributed by atoms with Crippen LogP contribution in [-0.2, 0) is 6.42 Å². The van der Waals surface area contributed by atoms with Gasteiger partial charge in [0.1, 0.15) is 0 Å². The van der Waals surface area contributed by atoms with E-state index in [9.17, 15) is 0 Å². The Morgan fingerprint density at radius 3 is 2.88 bits per heavy atom. The van der Waals surface area contributed by atoms with Gasteiger partial charge in [-0.05, 0) is 44.3 Å². The van der Waals surface area contributed by atoms with Gasteiger partial charge >= 0.3 is 0 Å². The summed E-state index contributed by atoms with van der Waals surface area (Å²) >= 11 is 0. The Morgan fingerprint density at radius 2 is 2.12 bits per heavy atom. The molecule has 1 unspecified atom stereocenters. The van der Waals surface area contributed by atoms with E-state index in [2.05, 4.69) is 41.0 Å². The molecular weight excluding hydrogens is 196 g/mol. The van der Waals surface area contributed by atoms with Crippen molar-refractivity contribution >= 4 is 0 Å². The highest BCUT2D eigenvalue weighted by molar-refractivity contribution is 5.14. The molecule has 1 aliphatic heterocycles. The maximum absolute atomic E-state index is 3.63. The topological polar surface area (TPSA) is 24.1 Å². The van der Waals surface area contributed by atoms with Crippen LogP contribution in [0.1, 0.15) is 24.8 Å². The van der Waals surface area contributed by atoms with Crippen molar-refractivity contribution in [2.45, 2.75) is 31.7 Å². The van der Waals surface area contributed by atoms with E-state index in [0.29, 0.717) is 6.04 Å². The zero-order valence-corrected chi connectivity index (χ0v) is 9.91. The molecule has 1 aliphatic rings. The Kier molecular flexibility index (Phi) is 4.84. The SMILES string of the molecule is c1ccc(CCCNC2CCCNC2)cc1. The summed E-state index contributed by atoms with van der Waals surface area (Å²) in [5.41, 5.74) is 1.45. The van der Waals surface area contributed by atoms with E-state index in [1.807, 2.05) is 0 Å². The smallest absolute Gasteiger partial charge is 0.0192 e. The fourth-order valence-corrected chi connectivity index (χ4v) is 2.27. The molecule has 0 spiro atoms. The summed E-state index contributed by atoms with van der Waals surface area (Å²) in [6.07, 6.45) is 5.07. The molecule has 0 saturated carbocycles. The number of nitrogens with one attached hydrogen (secondary N) is 2. The number of benzene rings is 1. The second kappa shape index (κ2) is 6.66. The first-order valence-corrected chi connectivity index (χ1v) is 6.43. The van der Waals surface area contributed by atoms with Gasteiger partial charge in [0.2, 0.25) is 0 Å². The minimum absolute atomic E-state index is 0.699. The van der Waals surface area contributed by atoms with Crippen LogP contribution in [0.4, 0.5) is 0 Å². The molecule has 1 heterocycles. The third kappa shape index (κ3) is 3.95. The summed E-state index contributed by atoms with van der Waals surface area (Å²) in [4.78, 5) is 0. The van der Waals surface area contributed by atoms with Crippen LogP contribution < -0.4 is 10.6 Å². The Bertz CT molecular complexity index is 278. The van der Waals surface area contributed by atoms with Gasteiger partial charge in [-0.1, -0.05) is 30.3 Å². The first-order chi connectivity index (χ1) is 7.95. The summed E-state index contributed by atoms with van der Waals surface area (Å²) in [6.45, 7) is 3.48. The third-order valence-corrected chi connectivity index (χ3v) is 3.21. The highest BCUT2D eigenvalue weighted by Gasteiger charge is 2.10. The predicted octanol–water partition coefficient (Wildman–Crippen LogP) is 1.96. The van der Waals surface area contributed by atoms with Crippen molar-refractivity contribution in [3.63, 3.8) is 0 Å². The average molecular weight is 218 g/mol. The van der Waals surface area contributed by atoms with Gasteiger partial charge < -0.3 is 10.6 Å². The highest BCUT2D eigenvalue weighted by atomic mass is 15.0. The molecule has 1 atom stereocenters. The zero-order chi connectivity index (χ0) is 11.1. The lowest BCUT2D eigenvalue weighted by Gasteiger charge is -2.23. The Balaban J connectivity index is 1.58. The lowest BCUT2D eigenvalue weighted by molar-refractivity contribution is 0.389. The van der Waals surface area contributed by atoms with Crippen LogP contribution in [-0.4, -0.2) is 25.7 Å². The zero-order valence-electron chi connectivity index (χ0n) is 9.91. The predicted molar refractivity (Wildman–Crippen MR) is 68.7 cm³/mol. The van der Waals surface area contributed by atoms with Crippen molar-refractivity contribution in [1.29, 1.82) is 0 Å². The van der Waals surface area contributed by atoms with Gasteiger partial charge in [0.05, 0.1) is 0 Å². The quantitative estimate of drug-likeness (QED) is 0.738. The molecule has 0 aromatic heterocycles. The van der Waals surface area contributed by atoms with Crippen LogP contribution in [0.25, 0.3) is 0 Å². The molecule has 16 heavy (non-hydrogen) atoms. The van der Waals surface area contributed by atoms with E-state index in [0.717, 1.165) is 13.1 Å². The summed E-state index contributed by atoms with van der Waals surface area (Å²) in [5, 5.41) is 7.06. The Labute approximate surface area is 98.4 Å². The molecule has 2 heteroatoms. The fraction of sp³-hybridized carbons (Fsp3) is 0.571. The van der Waals surface area contributed by atoms with E-state index in [1.54, 1.807) is 0 Å². The molecule has 1 saturated heterocycles. The van der Waals surface area contributed by atoms with Crippen LogP contribution in [0.15, 0.2) is 30.3 Å². The standard InChI is InChI=1S/C14H22N2/c1-2-6-13(7-3-1)8-4-11-16-14-9-5-10-15-12-14/h1-3,6-7,14-16H,4-5,8-12H2. The molecular formula is C14H22N2. The normalized spacial score (nSPS) is 20.9. The molecule has 2 N–H and O–H groups in total.